The summed E-state index contributed by atoms with van der Waals surface area (Å²) in [7, 11) is 0. The highest BCUT2D eigenvalue weighted by Crippen LogP contribution is 2.15. The summed E-state index contributed by atoms with van der Waals surface area (Å²) in [4.78, 5) is 10.2. The number of nitrogens with one attached hydrogen (secondary N) is 1. The van der Waals surface area contributed by atoms with Crippen molar-refractivity contribution in [2.75, 3.05) is 0 Å². The molecule has 0 unspecified atom stereocenters. The zero-order chi connectivity index (χ0) is 9.07. The molecule has 0 aliphatic carbocycles. The van der Waals surface area contributed by atoms with Gasteiger partial charge >= 0.3 is 12.5 Å². The van der Waals surface area contributed by atoms with E-state index in [-0.39, 0.29) is 6.04 Å². The highest BCUT2D eigenvalue weighted by atomic mass is 19.4. The summed E-state index contributed by atoms with van der Waals surface area (Å²) < 4.78 is 36.8. The fourth-order valence-electron chi connectivity index (χ4n) is 0.370. The van der Waals surface area contributed by atoms with Gasteiger partial charge in [0.2, 0.25) is 0 Å². The SMILES string of the molecule is CC(C)NC(=O)OC(F)(F)F. The predicted molar refractivity (Wildman–Crippen MR) is 30.8 cm³/mol. The highest BCUT2D eigenvalue weighted by Gasteiger charge is 2.33. The number of carbonyl (C=O) groups is 1. The van der Waals surface area contributed by atoms with Crippen molar-refractivity contribution in [3.8, 4) is 0 Å². The van der Waals surface area contributed by atoms with Gasteiger partial charge in [0.15, 0.2) is 0 Å². The summed E-state index contributed by atoms with van der Waals surface area (Å²) in [6.45, 7) is 3.05. The number of amides is 1. The number of hydrogen-bond donors (Lipinski definition) is 1. The van der Waals surface area contributed by atoms with E-state index in [1.165, 1.54) is 13.8 Å². The first-order valence-electron chi connectivity index (χ1n) is 2.87. The van der Waals surface area contributed by atoms with E-state index in [0.717, 1.165) is 0 Å². The molecule has 0 spiro atoms. The lowest BCUT2D eigenvalue weighted by Gasteiger charge is -2.10. The quantitative estimate of drug-likeness (QED) is 0.651. The summed E-state index contributed by atoms with van der Waals surface area (Å²) in [5.74, 6) is 0. The largest absolute Gasteiger partial charge is 0.576 e. The molecule has 0 aliphatic heterocycles. The fraction of sp³-hybridized carbons (Fsp3) is 0.800. The average molecular weight is 171 g/mol. The first-order chi connectivity index (χ1) is 4.81. The molecule has 3 nitrogen and oxygen atoms in total. The van der Waals surface area contributed by atoms with E-state index in [4.69, 9.17) is 0 Å². The molecule has 0 bridgehead atoms. The lowest BCUT2D eigenvalue weighted by Crippen LogP contribution is -2.34. The standard InChI is InChI=1S/C5H8F3NO2/c1-3(2)9-4(10)11-5(6,7)8/h3H,1-2H3,(H,9,10). The monoisotopic (exact) mass is 171 g/mol. The van der Waals surface area contributed by atoms with Gasteiger partial charge < -0.3 is 10.1 Å². The van der Waals surface area contributed by atoms with Gasteiger partial charge in [-0.05, 0) is 13.8 Å². The molecule has 1 amide bonds. The van der Waals surface area contributed by atoms with Gasteiger partial charge in [-0.1, -0.05) is 0 Å². The maximum absolute atomic E-state index is 11.3. The smallest absolute Gasteiger partial charge is 0.356 e. The second-order valence-electron chi connectivity index (χ2n) is 2.13. The number of alkyl carbamates (subject to hydrolysis) is 1. The summed E-state index contributed by atoms with van der Waals surface area (Å²) in [5, 5.41) is 1.92. The minimum atomic E-state index is -4.90. The Balaban J connectivity index is 3.71. The van der Waals surface area contributed by atoms with Crippen molar-refractivity contribution in [2.24, 2.45) is 0 Å². The molecule has 6 heteroatoms. The van der Waals surface area contributed by atoms with Crippen LogP contribution in [0.15, 0.2) is 0 Å². The van der Waals surface area contributed by atoms with E-state index in [0.29, 0.717) is 0 Å². The van der Waals surface area contributed by atoms with Crippen molar-refractivity contribution in [1.82, 2.24) is 5.32 Å². The van der Waals surface area contributed by atoms with Crippen LogP contribution in [0.2, 0.25) is 0 Å². The van der Waals surface area contributed by atoms with E-state index in [1.807, 2.05) is 5.32 Å². The molecular formula is C5H8F3NO2. The van der Waals surface area contributed by atoms with Gasteiger partial charge in [0.25, 0.3) is 0 Å². The van der Waals surface area contributed by atoms with E-state index in [1.54, 1.807) is 0 Å². The third-order valence-electron chi connectivity index (χ3n) is 0.615. The van der Waals surface area contributed by atoms with Gasteiger partial charge in [-0.15, -0.1) is 13.2 Å². The molecule has 0 aromatic rings. The molecule has 0 saturated heterocycles. The minimum Gasteiger partial charge on any atom is -0.356 e. The second-order valence-corrected chi connectivity index (χ2v) is 2.13. The zero-order valence-corrected chi connectivity index (χ0v) is 6.03. The molecule has 0 atom stereocenters. The van der Waals surface area contributed by atoms with Gasteiger partial charge in [-0.2, -0.15) is 0 Å². The molecule has 0 heterocycles. The molecule has 11 heavy (non-hydrogen) atoms. The number of alkyl halides is 3. The van der Waals surface area contributed by atoms with E-state index in [2.05, 4.69) is 4.74 Å². The van der Waals surface area contributed by atoms with Crippen LogP contribution in [0, 0.1) is 0 Å². The average Bonchev–Trinajstić information content (AvgIpc) is 1.53. The molecule has 0 radical (unpaired) electrons. The fourth-order valence-corrected chi connectivity index (χ4v) is 0.370. The van der Waals surface area contributed by atoms with Crippen molar-refractivity contribution in [2.45, 2.75) is 26.3 Å². The van der Waals surface area contributed by atoms with Crippen molar-refractivity contribution >= 4 is 6.09 Å². The van der Waals surface area contributed by atoms with Crippen LogP contribution in [0.25, 0.3) is 0 Å². The highest BCUT2D eigenvalue weighted by molar-refractivity contribution is 5.67. The van der Waals surface area contributed by atoms with Crippen LogP contribution in [0.3, 0.4) is 0 Å². The number of carbonyl (C=O) groups excluding carboxylic acids is 1. The van der Waals surface area contributed by atoms with Gasteiger partial charge in [0, 0.05) is 6.04 Å². The summed E-state index contributed by atoms with van der Waals surface area (Å²) in [6.07, 6.45) is -6.38. The predicted octanol–water partition coefficient (Wildman–Crippen LogP) is 1.64. The first-order valence-corrected chi connectivity index (χ1v) is 2.87. The Bertz CT molecular complexity index is 143. The second kappa shape index (κ2) is 3.45. The van der Waals surface area contributed by atoms with Crippen LogP contribution >= 0.6 is 0 Å². The Morgan fingerprint density at radius 2 is 1.91 bits per heavy atom. The van der Waals surface area contributed by atoms with Gasteiger partial charge in [0.1, 0.15) is 0 Å². The van der Waals surface area contributed by atoms with Crippen molar-refractivity contribution < 1.29 is 22.7 Å². The molecule has 66 valence electrons. The normalized spacial score (nSPS) is 11.5. The molecule has 0 fully saturated rings. The molecule has 0 rings (SSSR count). The van der Waals surface area contributed by atoms with Gasteiger partial charge in [0.05, 0.1) is 0 Å². The maximum Gasteiger partial charge on any atom is 0.576 e. The lowest BCUT2D eigenvalue weighted by atomic mass is 10.4. The molecule has 1 N–H and O–H groups in total. The minimum absolute atomic E-state index is 0.371. The first kappa shape index (κ1) is 10.1. The summed E-state index contributed by atoms with van der Waals surface area (Å²) >= 11 is 0. The number of rotatable bonds is 1. The number of ether oxygens (including phenoxy) is 1. The molecule has 0 aliphatic rings. The van der Waals surface area contributed by atoms with Crippen LogP contribution < -0.4 is 5.32 Å². The van der Waals surface area contributed by atoms with E-state index >= 15 is 0 Å². The van der Waals surface area contributed by atoms with Gasteiger partial charge in [-0.3, -0.25) is 0 Å². The number of halogens is 3. The Morgan fingerprint density at radius 3 is 2.18 bits per heavy atom. The maximum atomic E-state index is 11.3. The molecule has 0 saturated carbocycles. The van der Waals surface area contributed by atoms with Crippen molar-refractivity contribution in [3.63, 3.8) is 0 Å². The third-order valence-corrected chi connectivity index (χ3v) is 0.615. The Hall–Kier alpha value is -0.940. The Labute approximate surface area is 61.5 Å². The molecule has 0 aromatic carbocycles. The van der Waals surface area contributed by atoms with Crippen molar-refractivity contribution in [1.29, 1.82) is 0 Å². The number of hydrogen-bond acceptors (Lipinski definition) is 2. The van der Waals surface area contributed by atoms with Crippen LogP contribution in [0.1, 0.15) is 13.8 Å². The van der Waals surface area contributed by atoms with Crippen LogP contribution in [-0.2, 0) is 4.74 Å². The Morgan fingerprint density at radius 1 is 1.45 bits per heavy atom. The van der Waals surface area contributed by atoms with E-state index in [9.17, 15) is 18.0 Å². The Kier molecular flexibility index (Phi) is 3.16. The van der Waals surface area contributed by atoms with Crippen molar-refractivity contribution in [3.05, 3.63) is 0 Å². The topological polar surface area (TPSA) is 38.3 Å². The summed E-state index contributed by atoms with van der Waals surface area (Å²) in [6, 6.07) is -0.371. The molecule has 0 aromatic heterocycles. The zero-order valence-electron chi connectivity index (χ0n) is 6.03. The summed E-state index contributed by atoms with van der Waals surface area (Å²) in [5.41, 5.74) is 0. The van der Waals surface area contributed by atoms with Crippen LogP contribution in [-0.4, -0.2) is 18.5 Å². The van der Waals surface area contributed by atoms with Crippen LogP contribution in [0.4, 0.5) is 18.0 Å². The lowest BCUT2D eigenvalue weighted by molar-refractivity contribution is -0.291. The third kappa shape index (κ3) is 6.95. The van der Waals surface area contributed by atoms with E-state index < -0.39 is 12.5 Å². The van der Waals surface area contributed by atoms with Gasteiger partial charge in [-0.25, -0.2) is 4.79 Å². The van der Waals surface area contributed by atoms with Crippen LogP contribution in [0.5, 0.6) is 0 Å². The molecular weight excluding hydrogens is 163 g/mol.